The fourth-order valence-corrected chi connectivity index (χ4v) is 10.1. The standard InChI is InChI=1S/C58H41N3/c1-3-17-39(18-4-1)52-38-43-21-7-8-26-49(43)57(52)44-24-15-22-41(33-44)45-34-46(37-48(36-45)60-54-30-12-9-27-50(54)51-28-10-13-31-55(51)60)42-23-16-25-47(35-42)61-56-32-14-11-29-53(56)59-58(61)40-19-5-2-6-20-40/h1-37,52,57H,38H2. The summed E-state index contributed by atoms with van der Waals surface area (Å²) in [5, 5.41) is 2.50. The molecule has 2 aromatic heterocycles. The van der Waals surface area contributed by atoms with Gasteiger partial charge in [-0.1, -0.05) is 170 Å². The molecule has 2 unspecified atom stereocenters. The number of benzene rings is 9. The number of hydrogen-bond acceptors (Lipinski definition) is 1. The minimum Gasteiger partial charge on any atom is -0.309 e. The van der Waals surface area contributed by atoms with Crippen LogP contribution in [0.25, 0.3) is 77.9 Å². The van der Waals surface area contributed by atoms with Crippen molar-refractivity contribution in [2.45, 2.75) is 18.3 Å². The Morgan fingerprint density at radius 3 is 1.69 bits per heavy atom. The van der Waals surface area contributed by atoms with Crippen molar-refractivity contribution in [2.24, 2.45) is 0 Å². The molecule has 2 heterocycles. The topological polar surface area (TPSA) is 22.8 Å². The molecule has 0 saturated carbocycles. The Morgan fingerprint density at radius 1 is 0.377 bits per heavy atom. The third-order valence-electron chi connectivity index (χ3n) is 12.8. The van der Waals surface area contributed by atoms with Gasteiger partial charge in [0.25, 0.3) is 0 Å². The lowest BCUT2D eigenvalue weighted by molar-refractivity contribution is 0.657. The van der Waals surface area contributed by atoms with Crippen LogP contribution in [0.4, 0.5) is 0 Å². The molecule has 3 heteroatoms. The average molecular weight is 780 g/mol. The molecule has 0 spiro atoms. The van der Waals surface area contributed by atoms with Gasteiger partial charge in [-0.25, -0.2) is 4.98 Å². The van der Waals surface area contributed by atoms with E-state index in [0.29, 0.717) is 5.92 Å². The van der Waals surface area contributed by atoms with Crippen LogP contribution in [0.5, 0.6) is 0 Å². The molecule has 288 valence electrons. The summed E-state index contributed by atoms with van der Waals surface area (Å²) in [6.45, 7) is 0. The molecule has 0 radical (unpaired) electrons. The van der Waals surface area contributed by atoms with Gasteiger partial charge >= 0.3 is 0 Å². The molecular weight excluding hydrogens is 739 g/mol. The van der Waals surface area contributed by atoms with Gasteiger partial charge in [0.1, 0.15) is 5.82 Å². The highest BCUT2D eigenvalue weighted by molar-refractivity contribution is 6.09. The van der Waals surface area contributed by atoms with Crippen LogP contribution < -0.4 is 0 Å². The Labute approximate surface area is 355 Å². The smallest absolute Gasteiger partial charge is 0.145 e. The molecule has 0 saturated heterocycles. The Bertz CT molecular complexity index is 3360. The lowest BCUT2D eigenvalue weighted by atomic mass is 9.81. The van der Waals surface area contributed by atoms with Crippen LogP contribution >= 0.6 is 0 Å². The quantitative estimate of drug-likeness (QED) is 0.158. The molecule has 12 rings (SSSR count). The van der Waals surface area contributed by atoms with E-state index in [1.807, 2.05) is 0 Å². The summed E-state index contributed by atoms with van der Waals surface area (Å²) in [6, 6.07) is 82.1. The summed E-state index contributed by atoms with van der Waals surface area (Å²) < 4.78 is 4.75. The van der Waals surface area contributed by atoms with E-state index in [1.165, 1.54) is 55.2 Å². The van der Waals surface area contributed by atoms with Crippen molar-refractivity contribution in [3.63, 3.8) is 0 Å². The monoisotopic (exact) mass is 779 g/mol. The van der Waals surface area contributed by atoms with Gasteiger partial charge in [-0.15, -0.1) is 0 Å². The van der Waals surface area contributed by atoms with Gasteiger partial charge in [-0.3, -0.25) is 4.57 Å². The summed E-state index contributed by atoms with van der Waals surface area (Å²) in [7, 11) is 0. The maximum Gasteiger partial charge on any atom is 0.145 e. The van der Waals surface area contributed by atoms with Gasteiger partial charge < -0.3 is 4.57 Å². The van der Waals surface area contributed by atoms with E-state index in [2.05, 4.69) is 234 Å². The van der Waals surface area contributed by atoms with Crippen LogP contribution in [0, 0.1) is 0 Å². The predicted molar refractivity (Wildman–Crippen MR) is 253 cm³/mol. The minimum absolute atomic E-state index is 0.263. The second kappa shape index (κ2) is 14.5. The van der Waals surface area contributed by atoms with Gasteiger partial charge in [0.15, 0.2) is 0 Å². The summed E-state index contributed by atoms with van der Waals surface area (Å²) in [6.07, 6.45) is 1.04. The lowest BCUT2D eigenvalue weighted by Crippen LogP contribution is -2.08. The van der Waals surface area contributed by atoms with E-state index in [-0.39, 0.29) is 5.92 Å². The predicted octanol–water partition coefficient (Wildman–Crippen LogP) is 14.6. The summed E-state index contributed by atoms with van der Waals surface area (Å²) in [5.41, 5.74) is 18.0. The third kappa shape index (κ3) is 6.00. The highest BCUT2D eigenvalue weighted by Gasteiger charge is 2.34. The second-order valence-electron chi connectivity index (χ2n) is 16.3. The Balaban J connectivity index is 1.06. The maximum absolute atomic E-state index is 5.16. The average Bonchev–Trinajstić information content (AvgIpc) is 4.03. The van der Waals surface area contributed by atoms with Crippen LogP contribution in [0.15, 0.2) is 224 Å². The SMILES string of the molecule is c1ccc(-c2nc3ccccc3n2-c2cccc(-c3cc(-c4cccc(C5c6ccccc6CC5c5ccccc5)c4)cc(-n4c5ccccc5c5ccccc54)c3)c2)cc1. The highest BCUT2D eigenvalue weighted by atomic mass is 15.1. The molecule has 1 aliphatic rings. The van der Waals surface area contributed by atoms with E-state index in [1.54, 1.807) is 0 Å². The van der Waals surface area contributed by atoms with Crippen molar-refractivity contribution in [3.05, 3.63) is 247 Å². The van der Waals surface area contributed by atoms with Crippen molar-refractivity contribution in [1.29, 1.82) is 0 Å². The van der Waals surface area contributed by atoms with E-state index in [0.717, 1.165) is 51.3 Å². The molecule has 61 heavy (non-hydrogen) atoms. The number of hydrogen-bond donors (Lipinski definition) is 0. The largest absolute Gasteiger partial charge is 0.309 e. The van der Waals surface area contributed by atoms with Gasteiger partial charge in [0.05, 0.1) is 22.1 Å². The van der Waals surface area contributed by atoms with Gasteiger partial charge in [-0.2, -0.15) is 0 Å². The molecule has 0 amide bonds. The molecule has 9 aromatic carbocycles. The normalized spacial score (nSPS) is 14.8. The number of imidazole rings is 1. The van der Waals surface area contributed by atoms with E-state index in [9.17, 15) is 0 Å². The second-order valence-corrected chi connectivity index (χ2v) is 16.3. The summed E-state index contributed by atoms with van der Waals surface area (Å²) >= 11 is 0. The van der Waals surface area contributed by atoms with Crippen LogP contribution in [-0.2, 0) is 6.42 Å². The fourth-order valence-electron chi connectivity index (χ4n) is 10.1. The van der Waals surface area contributed by atoms with E-state index in [4.69, 9.17) is 4.98 Å². The molecule has 0 bridgehead atoms. The van der Waals surface area contributed by atoms with E-state index < -0.39 is 0 Å². The van der Waals surface area contributed by atoms with Gasteiger partial charge in [0, 0.05) is 33.6 Å². The molecule has 0 N–H and O–H groups in total. The Kier molecular flexibility index (Phi) is 8.38. The van der Waals surface area contributed by atoms with Crippen molar-refractivity contribution in [1.82, 2.24) is 14.1 Å². The van der Waals surface area contributed by atoms with Crippen LogP contribution in [-0.4, -0.2) is 14.1 Å². The Hall–Kier alpha value is -7.75. The zero-order valence-electron chi connectivity index (χ0n) is 33.6. The number of rotatable bonds is 7. The number of nitrogens with zero attached hydrogens (tertiary/aromatic N) is 3. The highest BCUT2D eigenvalue weighted by Crippen LogP contribution is 2.48. The van der Waals surface area contributed by atoms with Crippen molar-refractivity contribution < 1.29 is 0 Å². The first-order chi connectivity index (χ1) is 30.2. The zero-order valence-corrected chi connectivity index (χ0v) is 33.6. The maximum atomic E-state index is 5.16. The van der Waals surface area contributed by atoms with Crippen molar-refractivity contribution in [3.8, 4) is 45.0 Å². The third-order valence-corrected chi connectivity index (χ3v) is 12.8. The molecule has 0 aliphatic heterocycles. The first kappa shape index (κ1) is 35.2. The summed E-state index contributed by atoms with van der Waals surface area (Å²) in [5.74, 6) is 1.56. The van der Waals surface area contributed by atoms with Crippen LogP contribution in [0.3, 0.4) is 0 Å². The summed E-state index contributed by atoms with van der Waals surface area (Å²) in [4.78, 5) is 5.16. The minimum atomic E-state index is 0.263. The Morgan fingerprint density at radius 2 is 0.934 bits per heavy atom. The fraction of sp³-hybridized carbons (Fsp3) is 0.0517. The molecule has 3 nitrogen and oxygen atoms in total. The van der Waals surface area contributed by atoms with Crippen molar-refractivity contribution in [2.75, 3.05) is 0 Å². The number of para-hydroxylation sites is 4. The molecular formula is C58H41N3. The van der Waals surface area contributed by atoms with E-state index >= 15 is 0 Å². The van der Waals surface area contributed by atoms with Crippen LogP contribution in [0.1, 0.15) is 34.1 Å². The zero-order chi connectivity index (χ0) is 40.3. The molecule has 2 atom stereocenters. The first-order valence-electron chi connectivity index (χ1n) is 21.3. The van der Waals surface area contributed by atoms with Gasteiger partial charge in [0.2, 0.25) is 0 Å². The van der Waals surface area contributed by atoms with Gasteiger partial charge in [-0.05, 0) is 111 Å². The number of fused-ring (bicyclic) bond motifs is 5. The number of aromatic nitrogens is 3. The molecule has 0 fully saturated rings. The van der Waals surface area contributed by atoms with Crippen LogP contribution in [0.2, 0.25) is 0 Å². The first-order valence-corrected chi connectivity index (χ1v) is 21.3. The lowest BCUT2D eigenvalue weighted by Gasteiger charge is -2.23. The molecule has 1 aliphatic carbocycles. The van der Waals surface area contributed by atoms with Crippen molar-refractivity contribution >= 4 is 32.8 Å². The molecule has 11 aromatic rings.